The Labute approximate surface area is 173 Å². The number of hydrogen-bond donors (Lipinski definition) is 0. The van der Waals surface area contributed by atoms with Crippen molar-refractivity contribution in [2.45, 2.75) is 26.3 Å². The van der Waals surface area contributed by atoms with Crippen molar-refractivity contribution >= 4 is 28.5 Å². The number of fused-ring (bicyclic) bond motifs is 2. The van der Waals surface area contributed by atoms with Gasteiger partial charge in [0.25, 0.3) is 5.91 Å². The van der Waals surface area contributed by atoms with Crippen LogP contribution in [0.15, 0.2) is 45.6 Å². The zero-order chi connectivity index (χ0) is 20.7. The van der Waals surface area contributed by atoms with Crippen LogP contribution in [-0.2, 0) is 4.74 Å². The molecule has 0 aliphatic carbocycles. The third kappa shape index (κ3) is 3.34. The first-order chi connectivity index (χ1) is 13.9. The molecule has 0 saturated carbocycles. The van der Waals surface area contributed by atoms with E-state index in [1.807, 2.05) is 38.1 Å². The summed E-state index contributed by atoms with van der Waals surface area (Å²) in [7, 11) is 1.63. The molecule has 6 heteroatoms. The molecular weight excluding hydrogens is 390 g/mol. The number of ether oxygens (including phenoxy) is 1. The van der Waals surface area contributed by atoms with Gasteiger partial charge in [0.05, 0.1) is 17.0 Å². The molecule has 2 aromatic carbocycles. The maximum absolute atomic E-state index is 13.5. The predicted octanol–water partition coefficient (Wildman–Crippen LogP) is 4.64. The smallest absolute Gasteiger partial charge is 0.290 e. The van der Waals surface area contributed by atoms with E-state index in [1.54, 1.807) is 24.1 Å². The van der Waals surface area contributed by atoms with Gasteiger partial charge in [-0.15, -0.1) is 0 Å². The van der Waals surface area contributed by atoms with Gasteiger partial charge in [-0.05, 0) is 55.2 Å². The molecule has 29 heavy (non-hydrogen) atoms. The van der Waals surface area contributed by atoms with Crippen LogP contribution in [0.1, 0.15) is 45.3 Å². The van der Waals surface area contributed by atoms with Crippen molar-refractivity contribution in [3.8, 4) is 0 Å². The van der Waals surface area contributed by atoms with Crippen molar-refractivity contribution < 1.29 is 13.9 Å². The number of hydrogen-bond acceptors (Lipinski definition) is 4. The predicted molar refractivity (Wildman–Crippen MR) is 113 cm³/mol. The molecule has 0 bridgehead atoms. The molecule has 0 N–H and O–H groups in total. The Morgan fingerprint density at radius 2 is 1.86 bits per heavy atom. The van der Waals surface area contributed by atoms with Crippen LogP contribution in [0.5, 0.6) is 0 Å². The number of carbonyl (C=O) groups is 1. The number of amides is 1. The Bertz CT molecular complexity index is 1150. The van der Waals surface area contributed by atoms with Crippen LogP contribution < -0.4 is 5.43 Å². The third-order valence-electron chi connectivity index (χ3n) is 5.35. The fraction of sp³-hybridized carbons (Fsp3) is 0.304. The summed E-state index contributed by atoms with van der Waals surface area (Å²) in [6.07, 6.45) is 0.659. The lowest BCUT2D eigenvalue weighted by Crippen LogP contribution is -2.31. The molecule has 1 aromatic heterocycles. The summed E-state index contributed by atoms with van der Waals surface area (Å²) in [6, 6.07) is 10.5. The minimum atomic E-state index is -0.507. The van der Waals surface area contributed by atoms with Crippen LogP contribution >= 0.6 is 11.6 Å². The van der Waals surface area contributed by atoms with Gasteiger partial charge in [-0.2, -0.15) is 0 Å². The average molecular weight is 412 g/mol. The van der Waals surface area contributed by atoms with Crippen molar-refractivity contribution in [3.63, 3.8) is 0 Å². The van der Waals surface area contributed by atoms with Gasteiger partial charge in [-0.3, -0.25) is 9.59 Å². The Morgan fingerprint density at radius 3 is 2.55 bits per heavy atom. The summed E-state index contributed by atoms with van der Waals surface area (Å²) in [5.74, 6) is -0.140. The lowest BCUT2D eigenvalue weighted by molar-refractivity contribution is 0.0708. The lowest BCUT2D eigenvalue weighted by Gasteiger charge is -2.25. The van der Waals surface area contributed by atoms with E-state index in [1.165, 1.54) is 0 Å². The summed E-state index contributed by atoms with van der Waals surface area (Å²) in [6.45, 7) is 4.81. The highest BCUT2D eigenvalue weighted by Crippen LogP contribution is 2.39. The first kappa shape index (κ1) is 19.7. The molecule has 1 atom stereocenters. The summed E-state index contributed by atoms with van der Waals surface area (Å²) in [5.41, 5.74) is 3.35. The average Bonchev–Trinajstić information content (AvgIpc) is 2.95. The topological polar surface area (TPSA) is 59.8 Å². The van der Waals surface area contributed by atoms with Gasteiger partial charge in [0, 0.05) is 25.3 Å². The van der Waals surface area contributed by atoms with Crippen molar-refractivity contribution in [2.24, 2.45) is 0 Å². The number of methoxy groups -OCH3 is 1. The minimum Gasteiger partial charge on any atom is -0.450 e. The van der Waals surface area contributed by atoms with Crippen LogP contribution in [0, 0.1) is 13.8 Å². The number of halogens is 1. The first-order valence-electron chi connectivity index (χ1n) is 9.55. The molecule has 4 rings (SSSR count). The molecule has 1 aliphatic heterocycles. The first-order valence-corrected chi connectivity index (χ1v) is 9.93. The molecule has 0 fully saturated rings. The largest absolute Gasteiger partial charge is 0.450 e. The number of nitrogens with zero attached hydrogens (tertiary/aromatic N) is 1. The standard InChI is InChI=1S/C23H22ClNO4/c1-13-11-14(2)18-17(12-13)29-22-19(21(18)26)20(15-5-7-16(24)8-6-15)25(23(22)27)9-4-10-28-3/h5-8,11-12,20H,4,9-10H2,1-3H3/t20-/m1/s1. The van der Waals surface area contributed by atoms with E-state index in [4.69, 9.17) is 20.8 Å². The van der Waals surface area contributed by atoms with Crippen molar-refractivity contribution in [2.75, 3.05) is 20.3 Å². The van der Waals surface area contributed by atoms with Gasteiger partial charge in [-0.25, -0.2) is 0 Å². The fourth-order valence-electron chi connectivity index (χ4n) is 4.12. The van der Waals surface area contributed by atoms with E-state index in [2.05, 4.69) is 0 Å². The lowest BCUT2D eigenvalue weighted by atomic mass is 9.97. The molecule has 0 saturated heterocycles. The zero-order valence-corrected chi connectivity index (χ0v) is 17.4. The Kier molecular flexibility index (Phi) is 5.19. The van der Waals surface area contributed by atoms with Crippen LogP contribution in [-0.4, -0.2) is 31.1 Å². The second-order valence-corrected chi connectivity index (χ2v) is 7.86. The van der Waals surface area contributed by atoms with E-state index >= 15 is 0 Å². The van der Waals surface area contributed by atoms with E-state index < -0.39 is 6.04 Å². The van der Waals surface area contributed by atoms with Gasteiger partial charge < -0.3 is 14.1 Å². The highest BCUT2D eigenvalue weighted by molar-refractivity contribution is 6.30. The highest BCUT2D eigenvalue weighted by atomic mass is 35.5. The van der Waals surface area contributed by atoms with Gasteiger partial charge in [0.2, 0.25) is 5.76 Å². The van der Waals surface area contributed by atoms with Crippen LogP contribution in [0.3, 0.4) is 0 Å². The van der Waals surface area contributed by atoms with E-state index in [-0.39, 0.29) is 17.1 Å². The summed E-state index contributed by atoms with van der Waals surface area (Å²) in [4.78, 5) is 28.5. The maximum Gasteiger partial charge on any atom is 0.290 e. The number of aryl methyl sites for hydroxylation is 2. The molecular formula is C23H22ClNO4. The molecule has 2 heterocycles. The monoisotopic (exact) mass is 411 g/mol. The van der Waals surface area contributed by atoms with Crippen LogP contribution in [0.4, 0.5) is 0 Å². The third-order valence-corrected chi connectivity index (χ3v) is 5.60. The SMILES string of the molecule is COCCCN1C(=O)c2oc3cc(C)cc(C)c3c(=O)c2[C@H]1c1ccc(Cl)cc1. The molecule has 1 aliphatic rings. The van der Waals surface area contributed by atoms with E-state index in [0.29, 0.717) is 41.1 Å². The van der Waals surface area contributed by atoms with E-state index in [0.717, 1.165) is 16.7 Å². The Balaban J connectivity index is 1.95. The van der Waals surface area contributed by atoms with Gasteiger partial charge in [0.15, 0.2) is 5.43 Å². The van der Waals surface area contributed by atoms with Crippen LogP contribution in [0.2, 0.25) is 5.02 Å². The fourth-order valence-corrected chi connectivity index (χ4v) is 4.24. The van der Waals surface area contributed by atoms with E-state index in [9.17, 15) is 9.59 Å². The number of benzene rings is 2. The Hall–Kier alpha value is -2.63. The molecule has 0 spiro atoms. The summed E-state index contributed by atoms with van der Waals surface area (Å²) >= 11 is 6.05. The van der Waals surface area contributed by atoms with Crippen molar-refractivity contribution in [1.82, 2.24) is 4.90 Å². The molecule has 0 radical (unpaired) electrons. The maximum atomic E-state index is 13.5. The molecule has 150 valence electrons. The van der Waals surface area contributed by atoms with Gasteiger partial charge in [0.1, 0.15) is 5.58 Å². The second-order valence-electron chi connectivity index (χ2n) is 7.43. The van der Waals surface area contributed by atoms with Gasteiger partial charge >= 0.3 is 0 Å². The second kappa shape index (κ2) is 7.65. The van der Waals surface area contributed by atoms with Crippen molar-refractivity contribution in [3.05, 3.63) is 79.7 Å². The molecule has 0 unspecified atom stereocenters. The molecule has 1 amide bonds. The number of carbonyl (C=O) groups excluding carboxylic acids is 1. The normalized spacial score (nSPS) is 15.9. The molecule has 5 nitrogen and oxygen atoms in total. The van der Waals surface area contributed by atoms with Gasteiger partial charge in [-0.1, -0.05) is 29.8 Å². The number of rotatable bonds is 5. The highest BCUT2D eigenvalue weighted by Gasteiger charge is 2.42. The summed E-state index contributed by atoms with van der Waals surface area (Å²) < 4.78 is 11.2. The minimum absolute atomic E-state index is 0.130. The summed E-state index contributed by atoms with van der Waals surface area (Å²) in [5, 5.41) is 1.13. The quantitative estimate of drug-likeness (QED) is 0.573. The van der Waals surface area contributed by atoms with Crippen molar-refractivity contribution in [1.29, 1.82) is 0 Å². The zero-order valence-electron chi connectivity index (χ0n) is 16.6. The Morgan fingerprint density at radius 1 is 1.14 bits per heavy atom. The van der Waals surface area contributed by atoms with Crippen LogP contribution in [0.25, 0.3) is 11.0 Å². The molecule has 3 aromatic rings.